The summed E-state index contributed by atoms with van der Waals surface area (Å²) in [5, 5.41) is 0. The van der Waals surface area contributed by atoms with Gasteiger partial charge in [-0.25, -0.2) is 0 Å². The first-order chi connectivity index (χ1) is 6.59. The molecule has 2 rings (SSSR count). The van der Waals surface area contributed by atoms with Crippen molar-refractivity contribution in [1.82, 2.24) is 0 Å². The first-order valence-corrected chi connectivity index (χ1v) is 5.22. The van der Waals surface area contributed by atoms with Gasteiger partial charge >= 0.3 is 0 Å². The van der Waals surface area contributed by atoms with E-state index in [2.05, 4.69) is 15.9 Å². The van der Waals surface area contributed by atoms with E-state index in [9.17, 15) is 4.79 Å². The van der Waals surface area contributed by atoms with Gasteiger partial charge in [0, 0.05) is 10.2 Å². The van der Waals surface area contributed by atoms with Crippen molar-refractivity contribution < 1.29 is 4.79 Å². The number of β-lactam (4-membered cyclic amide) rings is 1. The van der Waals surface area contributed by atoms with Gasteiger partial charge in [-0.05, 0) is 30.7 Å². The van der Waals surface area contributed by atoms with Crippen LogP contribution in [0.5, 0.6) is 0 Å². The summed E-state index contributed by atoms with van der Waals surface area (Å²) in [5.41, 5.74) is 7.57. The minimum Gasteiger partial charge on any atom is -0.318 e. The van der Waals surface area contributed by atoms with Gasteiger partial charge in [-0.2, -0.15) is 0 Å². The van der Waals surface area contributed by atoms with Gasteiger partial charge in [0.2, 0.25) is 5.91 Å². The lowest BCUT2D eigenvalue weighted by Gasteiger charge is -2.37. The summed E-state index contributed by atoms with van der Waals surface area (Å²) in [6.45, 7) is 2.61. The summed E-state index contributed by atoms with van der Waals surface area (Å²) in [7, 11) is 0. The van der Waals surface area contributed by atoms with Gasteiger partial charge in [0.1, 0.15) is 6.04 Å². The Morgan fingerprint density at radius 2 is 2.29 bits per heavy atom. The quantitative estimate of drug-likeness (QED) is 0.771. The molecule has 1 saturated heterocycles. The third kappa shape index (κ3) is 1.44. The van der Waals surface area contributed by atoms with Crippen LogP contribution in [-0.2, 0) is 4.79 Å². The standard InChI is InChI=1S/C10H11BrN2O/c1-6-4-7(11)2-3-9(6)13-5-8(12)10(13)14/h2-4,8H,5,12H2,1H3. The second kappa shape index (κ2) is 3.37. The molecular formula is C10H11BrN2O. The maximum absolute atomic E-state index is 11.4. The van der Waals surface area contributed by atoms with Crippen molar-refractivity contribution >= 4 is 27.5 Å². The third-order valence-electron chi connectivity index (χ3n) is 2.41. The molecule has 1 aliphatic rings. The largest absolute Gasteiger partial charge is 0.318 e. The van der Waals surface area contributed by atoms with Crippen LogP contribution in [0.15, 0.2) is 22.7 Å². The van der Waals surface area contributed by atoms with E-state index in [4.69, 9.17) is 5.73 Å². The number of hydrogen-bond donors (Lipinski definition) is 1. The Labute approximate surface area is 91.0 Å². The van der Waals surface area contributed by atoms with Gasteiger partial charge in [-0.3, -0.25) is 4.79 Å². The predicted octanol–water partition coefficient (Wildman–Crippen LogP) is 1.43. The summed E-state index contributed by atoms with van der Waals surface area (Å²) in [6.07, 6.45) is 0. The Morgan fingerprint density at radius 1 is 1.57 bits per heavy atom. The zero-order valence-electron chi connectivity index (χ0n) is 7.83. The van der Waals surface area contributed by atoms with Crippen LogP contribution in [0.2, 0.25) is 0 Å². The molecule has 3 nitrogen and oxygen atoms in total. The highest BCUT2D eigenvalue weighted by molar-refractivity contribution is 9.10. The van der Waals surface area contributed by atoms with Crippen molar-refractivity contribution in [3.8, 4) is 0 Å². The second-order valence-corrected chi connectivity index (χ2v) is 4.40. The first-order valence-electron chi connectivity index (χ1n) is 4.42. The number of nitrogens with zero attached hydrogens (tertiary/aromatic N) is 1. The molecule has 1 fully saturated rings. The Kier molecular flexibility index (Phi) is 2.33. The monoisotopic (exact) mass is 254 g/mol. The lowest BCUT2D eigenvalue weighted by atomic mass is 10.1. The van der Waals surface area contributed by atoms with Gasteiger partial charge in [-0.15, -0.1) is 0 Å². The van der Waals surface area contributed by atoms with Crippen molar-refractivity contribution in [3.63, 3.8) is 0 Å². The van der Waals surface area contributed by atoms with E-state index in [1.165, 1.54) is 0 Å². The number of carbonyl (C=O) groups excluding carboxylic acids is 1. The molecule has 1 aliphatic heterocycles. The fourth-order valence-electron chi connectivity index (χ4n) is 1.59. The van der Waals surface area contributed by atoms with Gasteiger partial charge in [-0.1, -0.05) is 15.9 Å². The summed E-state index contributed by atoms with van der Waals surface area (Å²) in [4.78, 5) is 13.1. The summed E-state index contributed by atoms with van der Waals surface area (Å²) < 4.78 is 1.02. The normalized spacial score (nSPS) is 20.9. The number of amides is 1. The van der Waals surface area contributed by atoms with Crippen LogP contribution >= 0.6 is 15.9 Å². The molecule has 4 heteroatoms. The summed E-state index contributed by atoms with van der Waals surface area (Å²) in [6, 6.07) is 5.55. The minimum atomic E-state index is -0.307. The zero-order valence-corrected chi connectivity index (χ0v) is 9.41. The average Bonchev–Trinajstić information content (AvgIpc) is 2.15. The molecule has 1 unspecified atom stereocenters. The first kappa shape index (κ1) is 9.68. The second-order valence-electron chi connectivity index (χ2n) is 3.49. The molecule has 0 aliphatic carbocycles. The smallest absolute Gasteiger partial charge is 0.245 e. The molecule has 1 atom stereocenters. The number of hydrogen-bond acceptors (Lipinski definition) is 2. The number of nitrogens with two attached hydrogens (primary N) is 1. The molecule has 0 aromatic heterocycles. The fraction of sp³-hybridized carbons (Fsp3) is 0.300. The maximum Gasteiger partial charge on any atom is 0.245 e. The topological polar surface area (TPSA) is 46.3 Å². The number of aryl methyl sites for hydroxylation is 1. The van der Waals surface area contributed by atoms with Crippen LogP contribution < -0.4 is 10.6 Å². The van der Waals surface area contributed by atoms with Crippen molar-refractivity contribution in [2.45, 2.75) is 13.0 Å². The molecule has 1 aromatic rings. The molecule has 1 amide bonds. The Hall–Kier alpha value is -0.870. The average molecular weight is 255 g/mol. The van der Waals surface area contributed by atoms with Gasteiger partial charge in [0.15, 0.2) is 0 Å². The Balaban J connectivity index is 2.30. The van der Waals surface area contributed by atoms with Crippen LogP contribution in [0.3, 0.4) is 0 Å². The van der Waals surface area contributed by atoms with Crippen molar-refractivity contribution in [3.05, 3.63) is 28.2 Å². The summed E-state index contributed by atoms with van der Waals surface area (Å²) >= 11 is 3.38. The lowest BCUT2D eigenvalue weighted by Crippen LogP contribution is -2.61. The van der Waals surface area contributed by atoms with Crippen LogP contribution in [0.1, 0.15) is 5.56 Å². The number of anilines is 1. The molecule has 14 heavy (non-hydrogen) atoms. The molecule has 0 radical (unpaired) electrons. The van der Waals surface area contributed by atoms with Crippen LogP contribution in [0.25, 0.3) is 0 Å². The highest BCUT2D eigenvalue weighted by Gasteiger charge is 2.34. The number of rotatable bonds is 1. The van der Waals surface area contributed by atoms with Gasteiger partial charge in [0.05, 0.1) is 6.54 Å². The Morgan fingerprint density at radius 3 is 2.79 bits per heavy atom. The van der Waals surface area contributed by atoms with Crippen LogP contribution in [0.4, 0.5) is 5.69 Å². The van der Waals surface area contributed by atoms with Crippen molar-refractivity contribution in [2.24, 2.45) is 5.73 Å². The minimum absolute atomic E-state index is 0.00965. The lowest BCUT2D eigenvalue weighted by molar-refractivity contribution is -0.123. The molecule has 0 spiro atoms. The van der Waals surface area contributed by atoms with Crippen LogP contribution in [-0.4, -0.2) is 18.5 Å². The fourth-order valence-corrected chi connectivity index (χ4v) is 2.07. The highest BCUT2D eigenvalue weighted by atomic mass is 79.9. The Bertz CT molecular complexity index is 392. The van der Waals surface area contributed by atoms with E-state index in [1.807, 2.05) is 25.1 Å². The maximum atomic E-state index is 11.4. The highest BCUT2D eigenvalue weighted by Crippen LogP contribution is 2.27. The number of carbonyl (C=O) groups is 1. The van der Waals surface area contributed by atoms with Gasteiger partial charge in [0.25, 0.3) is 0 Å². The van der Waals surface area contributed by atoms with E-state index in [1.54, 1.807) is 4.90 Å². The SMILES string of the molecule is Cc1cc(Br)ccc1N1CC(N)C1=O. The molecule has 2 N–H and O–H groups in total. The van der Waals surface area contributed by atoms with E-state index in [0.717, 1.165) is 15.7 Å². The molecular weight excluding hydrogens is 244 g/mol. The van der Waals surface area contributed by atoms with E-state index in [0.29, 0.717) is 6.54 Å². The molecule has 1 aromatic carbocycles. The third-order valence-corrected chi connectivity index (χ3v) is 2.91. The summed E-state index contributed by atoms with van der Waals surface area (Å²) in [5.74, 6) is 0.00965. The molecule has 1 heterocycles. The molecule has 74 valence electrons. The van der Waals surface area contributed by atoms with Crippen LogP contribution in [0, 0.1) is 6.92 Å². The van der Waals surface area contributed by atoms with Crippen molar-refractivity contribution in [1.29, 1.82) is 0 Å². The zero-order chi connectivity index (χ0) is 10.3. The van der Waals surface area contributed by atoms with Gasteiger partial charge < -0.3 is 10.6 Å². The number of halogens is 1. The number of benzene rings is 1. The van der Waals surface area contributed by atoms with E-state index in [-0.39, 0.29) is 11.9 Å². The van der Waals surface area contributed by atoms with Crippen molar-refractivity contribution in [2.75, 3.05) is 11.4 Å². The van der Waals surface area contributed by atoms with E-state index >= 15 is 0 Å². The molecule has 0 saturated carbocycles. The predicted molar refractivity (Wildman–Crippen MR) is 59.2 cm³/mol. The van der Waals surface area contributed by atoms with E-state index < -0.39 is 0 Å². The molecule has 0 bridgehead atoms.